The lowest BCUT2D eigenvalue weighted by atomic mass is 9.67. The average Bonchev–Trinajstić information content (AvgIpc) is 3.76. The van der Waals surface area contributed by atoms with Crippen molar-refractivity contribution in [2.75, 3.05) is 11.9 Å². The normalized spacial score (nSPS) is 12.9. The van der Waals surface area contributed by atoms with E-state index in [9.17, 15) is 0 Å². The van der Waals surface area contributed by atoms with E-state index in [-0.39, 0.29) is 0 Å². The van der Waals surface area contributed by atoms with Crippen LogP contribution in [0, 0.1) is 0 Å². The molecule has 0 saturated heterocycles. The Kier molecular flexibility index (Phi) is 6.97. The molecule has 0 amide bonds. The Morgan fingerprint density at radius 2 is 0.904 bits per heavy atom. The van der Waals surface area contributed by atoms with Crippen LogP contribution in [0.4, 0.5) is 11.4 Å². The van der Waals surface area contributed by atoms with E-state index in [1.54, 1.807) is 0 Å². The van der Waals surface area contributed by atoms with Crippen LogP contribution in [0.2, 0.25) is 0 Å². The molecule has 246 valence electrons. The number of hydrogen-bond donors (Lipinski definition) is 0. The molecule has 9 aromatic rings. The summed E-state index contributed by atoms with van der Waals surface area (Å²) < 4.78 is 6.33. The van der Waals surface area contributed by atoms with Crippen LogP contribution in [-0.4, -0.2) is 7.05 Å². The fourth-order valence-electron chi connectivity index (χ4n) is 8.59. The summed E-state index contributed by atoms with van der Waals surface area (Å²) in [5.74, 6) is 0. The van der Waals surface area contributed by atoms with E-state index in [1.165, 1.54) is 44.5 Å². The Balaban J connectivity index is 1.01. The topological polar surface area (TPSA) is 16.4 Å². The maximum atomic E-state index is 6.33. The summed E-state index contributed by atoms with van der Waals surface area (Å²) >= 11 is 0. The minimum absolute atomic E-state index is 0.410. The molecule has 52 heavy (non-hydrogen) atoms. The maximum Gasteiger partial charge on any atom is 0.143 e. The molecule has 1 aliphatic carbocycles. The van der Waals surface area contributed by atoms with E-state index in [0.717, 1.165) is 44.4 Å². The van der Waals surface area contributed by atoms with Gasteiger partial charge in [-0.15, -0.1) is 0 Å². The number of fused-ring (bicyclic) bond motifs is 6. The van der Waals surface area contributed by atoms with Crippen molar-refractivity contribution in [1.82, 2.24) is 0 Å². The van der Waals surface area contributed by atoms with Crippen LogP contribution in [0.3, 0.4) is 0 Å². The second-order valence-electron chi connectivity index (χ2n) is 13.7. The van der Waals surface area contributed by atoms with Crippen molar-refractivity contribution in [2.24, 2.45) is 0 Å². The molecule has 0 atom stereocenters. The monoisotopic (exact) mass is 665 g/mol. The molecule has 0 saturated carbocycles. The summed E-state index contributed by atoms with van der Waals surface area (Å²) in [6.07, 6.45) is 0. The third-order valence-electron chi connectivity index (χ3n) is 11.0. The first-order valence-electron chi connectivity index (χ1n) is 17.9. The highest BCUT2D eigenvalue weighted by Crippen LogP contribution is 2.58. The summed E-state index contributed by atoms with van der Waals surface area (Å²) in [7, 11) is 2.13. The summed E-state index contributed by atoms with van der Waals surface area (Å²) in [4.78, 5) is 2.25. The van der Waals surface area contributed by atoms with Crippen molar-refractivity contribution < 1.29 is 4.42 Å². The highest BCUT2D eigenvalue weighted by Gasteiger charge is 2.46. The van der Waals surface area contributed by atoms with E-state index in [4.69, 9.17) is 4.42 Å². The van der Waals surface area contributed by atoms with Gasteiger partial charge in [0.05, 0.1) is 5.41 Å². The smallest absolute Gasteiger partial charge is 0.143 e. The van der Waals surface area contributed by atoms with Crippen molar-refractivity contribution in [2.45, 2.75) is 5.41 Å². The minimum atomic E-state index is -0.410. The molecule has 0 bridgehead atoms. The largest absolute Gasteiger partial charge is 0.455 e. The Morgan fingerprint density at radius 1 is 0.404 bits per heavy atom. The third-order valence-corrected chi connectivity index (χ3v) is 11.0. The lowest BCUT2D eigenvalue weighted by Gasteiger charge is -2.34. The van der Waals surface area contributed by atoms with Gasteiger partial charge >= 0.3 is 0 Å². The van der Waals surface area contributed by atoms with Gasteiger partial charge in [0, 0.05) is 34.8 Å². The second-order valence-corrected chi connectivity index (χ2v) is 13.7. The maximum absolute atomic E-state index is 6.33. The van der Waals surface area contributed by atoms with Gasteiger partial charge in [-0.05, 0) is 80.4 Å². The number of furan rings is 1. The molecule has 8 aromatic carbocycles. The number of anilines is 2. The first kappa shape index (κ1) is 30.2. The lowest BCUT2D eigenvalue weighted by molar-refractivity contribution is 0.670. The second kappa shape index (κ2) is 12.0. The van der Waals surface area contributed by atoms with Crippen LogP contribution in [0.1, 0.15) is 22.3 Å². The molecule has 0 N–H and O–H groups in total. The Labute approximate surface area is 303 Å². The summed E-state index contributed by atoms with van der Waals surface area (Å²) in [5.41, 5.74) is 16.2. The number of hydrogen-bond acceptors (Lipinski definition) is 2. The van der Waals surface area contributed by atoms with Gasteiger partial charge in [0.25, 0.3) is 0 Å². The van der Waals surface area contributed by atoms with Crippen molar-refractivity contribution in [3.8, 4) is 33.4 Å². The van der Waals surface area contributed by atoms with Crippen molar-refractivity contribution >= 4 is 33.3 Å². The lowest BCUT2D eigenvalue weighted by Crippen LogP contribution is -2.28. The molecule has 0 spiro atoms. The quantitative estimate of drug-likeness (QED) is 0.176. The van der Waals surface area contributed by atoms with Gasteiger partial charge in [-0.1, -0.05) is 164 Å². The zero-order chi connectivity index (χ0) is 34.6. The van der Waals surface area contributed by atoms with Gasteiger partial charge in [0.1, 0.15) is 11.2 Å². The molecule has 1 aliphatic rings. The van der Waals surface area contributed by atoms with Gasteiger partial charge in [0.2, 0.25) is 0 Å². The summed E-state index contributed by atoms with van der Waals surface area (Å²) in [5, 5.41) is 2.29. The molecular formula is C50H35NO. The molecular weight excluding hydrogens is 631 g/mol. The summed E-state index contributed by atoms with van der Waals surface area (Å²) in [6, 6.07) is 70.2. The van der Waals surface area contributed by atoms with Crippen molar-refractivity contribution in [3.63, 3.8) is 0 Å². The fraction of sp³-hybridized carbons (Fsp3) is 0.0400. The van der Waals surface area contributed by atoms with Gasteiger partial charge in [-0.3, -0.25) is 0 Å². The van der Waals surface area contributed by atoms with Crippen molar-refractivity contribution in [3.05, 3.63) is 216 Å². The molecule has 10 rings (SSSR count). The van der Waals surface area contributed by atoms with Crippen LogP contribution < -0.4 is 4.90 Å². The number of para-hydroxylation sites is 2. The van der Waals surface area contributed by atoms with Gasteiger partial charge in [-0.2, -0.15) is 0 Å². The summed E-state index contributed by atoms with van der Waals surface area (Å²) in [6.45, 7) is 0. The number of nitrogens with zero attached hydrogens (tertiary/aromatic N) is 1. The van der Waals surface area contributed by atoms with E-state index in [0.29, 0.717) is 0 Å². The molecule has 0 radical (unpaired) electrons. The first-order valence-corrected chi connectivity index (χ1v) is 17.9. The zero-order valence-corrected chi connectivity index (χ0v) is 28.8. The average molecular weight is 666 g/mol. The van der Waals surface area contributed by atoms with Gasteiger partial charge in [-0.25, -0.2) is 0 Å². The van der Waals surface area contributed by atoms with Gasteiger partial charge in [0.15, 0.2) is 0 Å². The number of benzene rings is 8. The number of rotatable bonds is 6. The zero-order valence-electron chi connectivity index (χ0n) is 28.8. The molecule has 1 heterocycles. The standard InChI is InChI=1S/C50H35NO/c1-51(39-32-28-35(29-33-39)41-21-12-22-43-42-18-9-11-25-47(42)52-49(41)43)38-30-26-34(27-31-38)40-20-13-24-46-48(40)44-19-8-10-23-45(44)50(46,36-14-4-2-5-15-36)37-16-6-3-7-17-37/h2-33H,1H3. The van der Waals surface area contributed by atoms with Crippen LogP contribution in [-0.2, 0) is 5.41 Å². The van der Waals surface area contributed by atoms with Gasteiger partial charge < -0.3 is 9.32 Å². The predicted octanol–water partition coefficient (Wildman–Crippen LogP) is 13.1. The van der Waals surface area contributed by atoms with Crippen LogP contribution in [0.5, 0.6) is 0 Å². The van der Waals surface area contributed by atoms with E-state index in [2.05, 4.69) is 194 Å². The van der Waals surface area contributed by atoms with E-state index < -0.39 is 5.41 Å². The van der Waals surface area contributed by atoms with Crippen molar-refractivity contribution in [1.29, 1.82) is 0 Å². The first-order chi connectivity index (χ1) is 25.7. The molecule has 0 unspecified atom stereocenters. The Bertz CT molecular complexity index is 2690. The van der Waals surface area contributed by atoms with E-state index >= 15 is 0 Å². The Hall–Kier alpha value is -6.64. The van der Waals surface area contributed by atoms with E-state index in [1.807, 2.05) is 12.1 Å². The molecule has 2 nitrogen and oxygen atoms in total. The molecule has 1 aromatic heterocycles. The SMILES string of the molecule is CN(c1ccc(-c2cccc3c2-c2ccccc2C3(c2ccccc2)c2ccccc2)cc1)c1ccc(-c2cccc3c2oc2ccccc23)cc1. The molecule has 2 heteroatoms. The predicted molar refractivity (Wildman–Crippen MR) is 216 cm³/mol. The van der Waals surface area contributed by atoms with Crippen LogP contribution in [0.15, 0.2) is 199 Å². The fourth-order valence-corrected chi connectivity index (χ4v) is 8.59. The minimum Gasteiger partial charge on any atom is -0.455 e. The highest BCUT2D eigenvalue weighted by atomic mass is 16.3. The molecule has 0 fully saturated rings. The highest BCUT2D eigenvalue weighted by molar-refractivity contribution is 6.09. The third kappa shape index (κ3) is 4.51. The van der Waals surface area contributed by atoms with Crippen LogP contribution in [0.25, 0.3) is 55.3 Å². The Morgan fingerprint density at radius 3 is 1.60 bits per heavy atom. The molecule has 0 aliphatic heterocycles. The van der Waals surface area contributed by atoms with Crippen LogP contribution >= 0.6 is 0 Å².